The normalized spacial score (nSPS) is 16.0. The molecule has 2 heteroatoms. The maximum Gasteiger partial charge on any atom is 0.189 e. The highest BCUT2D eigenvalue weighted by Crippen LogP contribution is 2.30. The van der Waals surface area contributed by atoms with Crippen molar-refractivity contribution in [3.63, 3.8) is 0 Å². The Bertz CT molecular complexity index is 639. The zero-order chi connectivity index (χ0) is 12.5. The zero-order valence-corrected chi connectivity index (χ0v) is 9.76. The molecule has 3 rings (SSSR count). The molecular formula is C16H12O2. The van der Waals surface area contributed by atoms with Crippen molar-refractivity contribution in [3.8, 4) is 5.75 Å². The van der Waals surface area contributed by atoms with E-state index in [1.807, 2.05) is 36.4 Å². The SMILES string of the molecule is O=C1C(=Cc2ccccc2)Cc2cc(O)ccc21. The molecule has 0 aliphatic heterocycles. The summed E-state index contributed by atoms with van der Waals surface area (Å²) in [7, 11) is 0. The maximum atomic E-state index is 12.2. The van der Waals surface area contributed by atoms with Crippen molar-refractivity contribution < 1.29 is 9.90 Å². The van der Waals surface area contributed by atoms with E-state index in [-0.39, 0.29) is 11.5 Å². The average Bonchev–Trinajstić information content (AvgIpc) is 2.67. The highest BCUT2D eigenvalue weighted by molar-refractivity contribution is 6.15. The molecule has 0 bridgehead atoms. The summed E-state index contributed by atoms with van der Waals surface area (Å²) < 4.78 is 0. The first kappa shape index (κ1) is 10.8. The number of benzene rings is 2. The van der Waals surface area contributed by atoms with Crippen molar-refractivity contribution in [3.05, 3.63) is 70.8 Å². The third-order valence-electron chi connectivity index (χ3n) is 3.15. The van der Waals surface area contributed by atoms with Gasteiger partial charge in [-0.3, -0.25) is 4.79 Å². The summed E-state index contributed by atoms with van der Waals surface area (Å²) in [4.78, 5) is 12.2. The molecule has 0 saturated heterocycles. The van der Waals surface area contributed by atoms with Crippen molar-refractivity contribution in [1.82, 2.24) is 0 Å². The van der Waals surface area contributed by atoms with E-state index >= 15 is 0 Å². The lowest BCUT2D eigenvalue weighted by Crippen LogP contribution is -1.94. The van der Waals surface area contributed by atoms with Gasteiger partial charge in [-0.05, 0) is 35.4 Å². The average molecular weight is 236 g/mol. The van der Waals surface area contributed by atoms with Crippen LogP contribution in [0.4, 0.5) is 0 Å². The zero-order valence-electron chi connectivity index (χ0n) is 9.76. The number of hydrogen-bond acceptors (Lipinski definition) is 2. The minimum Gasteiger partial charge on any atom is -0.508 e. The van der Waals surface area contributed by atoms with Crippen LogP contribution in [0.1, 0.15) is 21.5 Å². The molecule has 2 nitrogen and oxygen atoms in total. The molecule has 0 spiro atoms. The summed E-state index contributed by atoms with van der Waals surface area (Å²) in [5.41, 5.74) is 3.41. The summed E-state index contributed by atoms with van der Waals surface area (Å²) in [6.07, 6.45) is 2.51. The number of hydrogen-bond donors (Lipinski definition) is 1. The number of phenolic OH excluding ortho intramolecular Hbond substituents is 1. The first-order valence-corrected chi connectivity index (χ1v) is 5.86. The van der Waals surface area contributed by atoms with Gasteiger partial charge in [-0.1, -0.05) is 30.3 Å². The van der Waals surface area contributed by atoms with E-state index in [2.05, 4.69) is 0 Å². The third-order valence-corrected chi connectivity index (χ3v) is 3.15. The van der Waals surface area contributed by atoms with E-state index in [1.54, 1.807) is 18.2 Å². The lowest BCUT2D eigenvalue weighted by Gasteiger charge is -1.95. The van der Waals surface area contributed by atoms with Gasteiger partial charge >= 0.3 is 0 Å². The van der Waals surface area contributed by atoms with Gasteiger partial charge in [0.1, 0.15) is 5.75 Å². The van der Waals surface area contributed by atoms with Crippen LogP contribution in [0.2, 0.25) is 0 Å². The third kappa shape index (κ3) is 1.82. The molecule has 0 aromatic heterocycles. The van der Waals surface area contributed by atoms with Gasteiger partial charge < -0.3 is 5.11 Å². The second-order valence-electron chi connectivity index (χ2n) is 4.43. The topological polar surface area (TPSA) is 37.3 Å². The molecule has 1 aliphatic rings. The Morgan fingerprint density at radius 1 is 1.06 bits per heavy atom. The molecule has 1 N–H and O–H groups in total. The lowest BCUT2D eigenvalue weighted by molar-refractivity contribution is 0.104. The summed E-state index contributed by atoms with van der Waals surface area (Å²) in [5.74, 6) is 0.274. The Hall–Kier alpha value is -2.35. The summed E-state index contributed by atoms with van der Waals surface area (Å²) in [6.45, 7) is 0. The van der Waals surface area contributed by atoms with Gasteiger partial charge in [0.05, 0.1) is 0 Å². The number of Topliss-reactive ketones (excluding diaryl/α,β-unsaturated/α-hetero) is 1. The van der Waals surface area contributed by atoms with E-state index in [0.29, 0.717) is 12.0 Å². The molecule has 0 heterocycles. The van der Waals surface area contributed by atoms with Gasteiger partial charge in [-0.15, -0.1) is 0 Å². The standard InChI is InChI=1S/C16H12O2/c17-14-6-7-15-12(10-14)9-13(16(15)18)8-11-4-2-1-3-5-11/h1-8,10,17H,9H2. The fourth-order valence-corrected chi connectivity index (χ4v) is 2.27. The molecule has 0 fully saturated rings. The summed E-state index contributed by atoms with van der Waals surface area (Å²) >= 11 is 0. The Morgan fingerprint density at radius 3 is 2.61 bits per heavy atom. The van der Waals surface area contributed by atoms with Crippen LogP contribution in [0.5, 0.6) is 5.75 Å². The predicted octanol–water partition coefficient (Wildman–Crippen LogP) is 3.21. The smallest absolute Gasteiger partial charge is 0.189 e. The highest BCUT2D eigenvalue weighted by Gasteiger charge is 2.24. The second-order valence-corrected chi connectivity index (χ2v) is 4.43. The van der Waals surface area contributed by atoms with Crippen LogP contribution in [0.25, 0.3) is 6.08 Å². The van der Waals surface area contributed by atoms with Crippen LogP contribution in [-0.2, 0) is 6.42 Å². The van der Waals surface area contributed by atoms with Crippen LogP contribution in [0, 0.1) is 0 Å². The largest absolute Gasteiger partial charge is 0.508 e. The number of aromatic hydroxyl groups is 1. The Labute approximate surface area is 105 Å². The van der Waals surface area contributed by atoms with Crippen LogP contribution in [-0.4, -0.2) is 10.9 Å². The Morgan fingerprint density at radius 2 is 1.83 bits per heavy atom. The molecule has 0 amide bonds. The van der Waals surface area contributed by atoms with E-state index in [0.717, 1.165) is 16.7 Å². The Balaban J connectivity index is 2.00. The van der Waals surface area contributed by atoms with Gasteiger partial charge in [0, 0.05) is 17.6 Å². The van der Waals surface area contributed by atoms with Gasteiger partial charge in [-0.25, -0.2) is 0 Å². The molecule has 1 aliphatic carbocycles. The first-order chi connectivity index (χ1) is 8.74. The first-order valence-electron chi connectivity index (χ1n) is 5.86. The number of allylic oxidation sites excluding steroid dienone is 1. The summed E-state index contributed by atoms with van der Waals surface area (Å²) in [6, 6.07) is 14.7. The molecule has 0 unspecified atom stereocenters. The van der Waals surface area contributed by atoms with Crippen molar-refractivity contribution in [2.45, 2.75) is 6.42 Å². The number of ketones is 1. The van der Waals surface area contributed by atoms with Crippen LogP contribution < -0.4 is 0 Å². The van der Waals surface area contributed by atoms with E-state index in [1.165, 1.54) is 0 Å². The number of carbonyl (C=O) groups excluding carboxylic acids is 1. The molecule has 2 aromatic rings. The molecule has 0 saturated carbocycles. The molecule has 0 radical (unpaired) electrons. The highest BCUT2D eigenvalue weighted by atomic mass is 16.3. The quantitative estimate of drug-likeness (QED) is 0.772. The minimum absolute atomic E-state index is 0.0638. The lowest BCUT2D eigenvalue weighted by atomic mass is 10.1. The maximum absolute atomic E-state index is 12.2. The van der Waals surface area contributed by atoms with Gasteiger partial charge in [0.15, 0.2) is 5.78 Å². The van der Waals surface area contributed by atoms with Crippen LogP contribution in [0.3, 0.4) is 0 Å². The van der Waals surface area contributed by atoms with E-state index in [4.69, 9.17) is 0 Å². The number of rotatable bonds is 1. The van der Waals surface area contributed by atoms with Crippen molar-refractivity contribution in [1.29, 1.82) is 0 Å². The van der Waals surface area contributed by atoms with E-state index < -0.39 is 0 Å². The number of carbonyl (C=O) groups is 1. The monoisotopic (exact) mass is 236 g/mol. The fourth-order valence-electron chi connectivity index (χ4n) is 2.27. The molecule has 0 atom stereocenters. The van der Waals surface area contributed by atoms with Crippen molar-refractivity contribution in [2.24, 2.45) is 0 Å². The minimum atomic E-state index is 0.0638. The molecule has 18 heavy (non-hydrogen) atoms. The molecule has 88 valence electrons. The molecule has 2 aromatic carbocycles. The Kier molecular flexibility index (Phi) is 2.49. The summed E-state index contributed by atoms with van der Waals surface area (Å²) in [5, 5.41) is 9.43. The van der Waals surface area contributed by atoms with Crippen molar-refractivity contribution in [2.75, 3.05) is 0 Å². The number of fused-ring (bicyclic) bond motifs is 1. The van der Waals surface area contributed by atoms with Crippen molar-refractivity contribution >= 4 is 11.9 Å². The van der Waals surface area contributed by atoms with Crippen LogP contribution >= 0.6 is 0 Å². The number of phenols is 1. The fraction of sp³-hybridized carbons (Fsp3) is 0.0625. The second kappa shape index (κ2) is 4.15. The van der Waals surface area contributed by atoms with Gasteiger partial charge in [0.2, 0.25) is 0 Å². The van der Waals surface area contributed by atoms with Gasteiger partial charge in [0.25, 0.3) is 0 Å². The molecular weight excluding hydrogens is 224 g/mol. The predicted molar refractivity (Wildman–Crippen MR) is 70.6 cm³/mol. The van der Waals surface area contributed by atoms with Crippen LogP contribution in [0.15, 0.2) is 54.1 Å². The van der Waals surface area contributed by atoms with Gasteiger partial charge in [-0.2, -0.15) is 0 Å². The van der Waals surface area contributed by atoms with E-state index in [9.17, 15) is 9.90 Å².